The number of para-hydroxylation sites is 1. The molecule has 0 fully saturated rings. The summed E-state index contributed by atoms with van der Waals surface area (Å²) in [5.41, 5.74) is 2.54. The van der Waals surface area contributed by atoms with Gasteiger partial charge in [-0.15, -0.1) is 11.3 Å². The van der Waals surface area contributed by atoms with Gasteiger partial charge in [0.05, 0.1) is 6.54 Å². The highest BCUT2D eigenvalue weighted by molar-refractivity contribution is 7.09. The first kappa shape index (κ1) is 12.6. The molecule has 0 spiro atoms. The van der Waals surface area contributed by atoms with Crippen LogP contribution in [0.2, 0.25) is 0 Å². The number of hydrogen-bond donors (Lipinski definition) is 2. The number of rotatable bonds is 3. The highest BCUT2D eigenvalue weighted by Crippen LogP contribution is 2.30. The van der Waals surface area contributed by atoms with Gasteiger partial charge in [-0.25, -0.2) is 9.98 Å². The van der Waals surface area contributed by atoms with Gasteiger partial charge in [-0.2, -0.15) is 0 Å². The Labute approximate surface area is 124 Å². The Kier molecular flexibility index (Phi) is 2.98. The molecule has 2 aromatic heterocycles. The van der Waals surface area contributed by atoms with Gasteiger partial charge >= 0.3 is 0 Å². The Morgan fingerprint density at radius 2 is 2.24 bits per heavy atom. The summed E-state index contributed by atoms with van der Waals surface area (Å²) in [6, 6.07) is 7.90. The summed E-state index contributed by atoms with van der Waals surface area (Å²) in [4.78, 5) is 11.9. The minimum atomic E-state index is -0.748. The van der Waals surface area contributed by atoms with E-state index in [2.05, 4.69) is 15.0 Å². The lowest BCUT2D eigenvalue weighted by Crippen LogP contribution is -2.03. The van der Waals surface area contributed by atoms with Crippen LogP contribution in [-0.2, 0) is 4.74 Å². The molecule has 5 nitrogen and oxygen atoms in total. The number of hydrogen-bond acceptors (Lipinski definition) is 5. The third kappa shape index (κ3) is 2.12. The molecular weight excluding hydrogens is 286 g/mol. The van der Waals surface area contributed by atoms with Crippen LogP contribution >= 0.6 is 11.3 Å². The molecule has 1 atom stereocenters. The van der Waals surface area contributed by atoms with E-state index in [1.807, 2.05) is 35.8 Å². The van der Waals surface area contributed by atoms with E-state index in [4.69, 9.17) is 4.74 Å². The van der Waals surface area contributed by atoms with E-state index in [9.17, 15) is 5.11 Å². The zero-order valence-corrected chi connectivity index (χ0v) is 11.9. The number of aromatic amines is 1. The number of ether oxygens (including phenoxy) is 1. The molecular formula is C15H13N3O2S. The van der Waals surface area contributed by atoms with Crippen molar-refractivity contribution in [2.75, 3.05) is 13.2 Å². The zero-order valence-electron chi connectivity index (χ0n) is 11.1. The fourth-order valence-electron chi connectivity index (χ4n) is 2.45. The number of aliphatic imine (C=N–C) groups is 1. The first-order valence-electron chi connectivity index (χ1n) is 6.70. The summed E-state index contributed by atoms with van der Waals surface area (Å²) < 4.78 is 5.40. The summed E-state index contributed by atoms with van der Waals surface area (Å²) in [7, 11) is 0. The molecule has 0 saturated carbocycles. The largest absolute Gasteiger partial charge is 0.474 e. The Morgan fingerprint density at radius 3 is 3.10 bits per heavy atom. The Bertz CT molecular complexity index is 821. The summed E-state index contributed by atoms with van der Waals surface area (Å²) in [6.07, 6.45) is 1.09. The van der Waals surface area contributed by atoms with Crippen molar-refractivity contribution >= 4 is 28.1 Å². The van der Waals surface area contributed by atoms with Gasteiger partial charge in [-0.1, -0.05) is 18.2 Å². The van der Waals surface area contributed by atoms with E-state index in [0.29, 0.717) is 29.8 Å². The number of benzene rings is 1. The van der Waals surface area contributed by atoms with Crippen LogP contribution in [0.15, 0.2) is 40.8 Å². The highest BCUT2D eigenvalue weighted by atomic mass is 32.1. The number of thiazole rings is 1. The standard InChI is InChI=1S/C15H13N3O2S/c19-13(10-7-17-11-4-2-1-3-9(10)11)15-18-12(8-21-15)14-16-5-6-20-14/h1-4,7-8,13,17,19H,5-6H2. The highest BCUT2D eigenvalue weighted by Gasteiger charge is 2.21. The lowest BCUT2D eigenvalue weighted by Gasteiger charge is -2.06. The summed E-state index contributed by atoms with van der Waals surface area (Å²) in [5.74, 6) is 0.573. The minimum absolute atomic E-state index is 0.573. The molecule has 2 N–H and O–H groups in total. The molecule has 0 aliphatic carbocycles. The molecule has 106 valence electrons. The predicted molar refractivity (Wildman–Crippen MR) is 81.8 cm³/mol. The van der Waals surface area contributed by atoms with Crippen molar-refractivity contribution in [3.05, 3.63) is 52.1 Å². The maximum atomic E-state index is 10.6. The van der Waals surface area contributed by atoms with Gasteiger partial charge < -0.3 is 14.8 Å². The van der Waals surface area contributed by atoms with Crippen molar-refractivity contribution in [2.45, 2.75) is 6.10 Å². The van der Waals surface area contributed by atoms with Crippen molar-refractivity contribution in [3.8, 4) is 0 Å². The van der Waals surface area contributed by atoms with Gasteiger partial charge in [0.1, 0.15) is 23.4 Å². The number of aromatic nitrogens is 2. The number of H-pyrrole nitrogens is 1. The van der Waals surface area contributed by atoms with E-state index in [-0.39, 0.29) is 0 Å². The topological polar surface area (TPSA) is 70.5 Å². The van der Waals surface area contributed by atoms with Crippen LogP contribution in [0.1, 0.15) is 22.4 Å². The van der Waals surface area contributed by atoms with Crippen molar-refractivity contribution in [2.24, 2.45) is 4.99 Å². The van der Waals surface area contributed by atoms with Gasteiger partial charge in [0, 0.05) is 28.0 Å². The molecule has 3 heterocycles. The number of aliphatic hydroxyl groups excluding tert-OH is 1. The average Bonchev–Trinajstić information content (AvgIpc) is 3.25. The van der Waals surface area contributed by atoms with Gasteiger partial charge in [-0.3, -0.25) is 0 Å². The molecule has 21 heavy (non-hydrogen) atoms. The van der Waals surface area contributed by atoms with Crippen LogP contribution in [-0.4, -0.2) is 34.1 Å². The van der Waals surface area contributed by atoms with Crippen molar-refractivity contribution < 1.29 is 9.84 Å². The van der Waals surface area contributed by atoms with Crippen molar-refractivity contribution in [3.63, 3.8) is 0 Å². The summed E-state index contributed by atoms with van der Waals surface area (Å²) >= 11 is 1.42. The van der Waals surface area contributed by atoms with E-state index in [1.54, 1.807) is 0 Å². The van der Waals surface area contributed by atoms with E-state index in [0.717, 1.165) is 16.5 Å². The van der Waals surface area contributed by atoms with Gasteiger partial charge in [0.25, 0.3) is 0 Å². The molecule has 1 aliphatic heterocycles. The second-order valence-corrected chi connectivity index (χ2v) is 5.69. The lowest BCUT2D eigenvalue weighted by atomic mass is 10.1. The molecule has 1 aromatic carbocycles. The number of nitrogens with one attached hydrogen (secondary N) is 1. The smallest absolute Gasteiger partial charge is 0.236 e. The maximum Gasteiger partial charge on any atom is 0.236 e. The number of fused-ring (bicyclic) bond motifs is 1. The van der Waals surface area contributed by atoms with Gasteiger partial charge in [0.15, 0.2) is 0 Å². The van der Waals surface area contributed by atoms with Gasteiger partial charge in [0.2, 0.25) is 5.90 Å². The van der Waals surface area contributed by atoms with Crippen LogP contribution in [0.25, 0.3) is 10.9 Å². The predicted octanol–water partition coefficient (Wildman–Crippen LogP) is 2.48. The second-order valence-electron chi connectivity index (χ2n) is 4.80. The molecule has 0 radical (unpaired) electrons. The molecule has 0 saturated heterocycles. The van der Waals surface area contributed by atoms with Crippen molar-refractivity contribution in [1.82, 2.24) is 9.97 Å². The van der Waals surface area contributed by atoms with Crippen LogP contribution in [0.5, 0.6) is 0 Å². The molecule has 1 aliphatic rings. The van der Waals surface area contributed by atoms with Gasteiger partial charge in [-0.05, 0) is 6.07 Å². The monoisotopic (exact) mass is 299 g/mol. The maximum absolute atomic E-state index is 10.6. The molecule has 3 aromatic rings. The third-order valence-electron chi connectivity index (χ3n) is 3.48. The first-order chi connectivity index (χ1) is 10.3. The molecule has 0 bridgehead atoms. The van der Waals surface area contributed by atoms with E-state index in [1.165, 1.54) is 11.3 Å². The summed E-state index contributed by atoms with van der Waals surface area (Å²) in [6.45, 7) is 1.28. The molecule has 6 heteroatoms. The first-order valence-corrected chi connectivity index (χ1v) is 7.58. The Balaban J connectivity index is 1.69. The Morgan fingerprint density at radius 1 is 1.33 bits per heavy atom. The Hall–Kier alpha value is -2.18. The molecule has 0 amide bonds. The second kappa shape index (κ2) is 4.98. The van der Waals surface area contributed by atoms with Crippen LogP contribution < -0.4 is 0 Å². The zero-order chi connectivity index (χ0) is 14.2. The molecule has 1 unspecified atom stereocenters. The fourth-order valence-corrected chi connectivity index (χ4v) is 3.25. The third-order valence-corrected chi connectivity index (χ3v) is 4.37. The minimum Gasteiger partial charge on any atom is -0.474 e. The molecule has 4 rings (SSSR count). The number of aliphatic hydroxyl groups is 1. The average molecular weight is 299 g/mol. The normalized spacial score (nSPS) is 16.0. The van der Waals surface area contributed by atoms with E-state index < -0.39 is 6.10 Å². The van der Waals surface area contributed by atoms with E-state index >= 15 is 0 Å². The number of nitrogens with zero attached hydrogens (tertiary/aromatic N) is 2. The lowest BCUT2D eigenvalue weighted by molar-refractivity contribution is 0.221. The van der Waals surface area contributed by atoms with Crippen molar-refractivity contribution in [1.29, 1.82) is 0 Å². The van der Waals surface area contributed by atoms with Crippen LogP contribution in [0.3, 0.4) is 0 Å². The van der Waals surface area contributed by atoms with Crippen LogP contribution in [0, 0.1) is 0 Å². The SMILES string of the molecule is OC(c1nc(C2=NCCO2)cs1)c1c[nH]c2ccccc12. The quantitative estimate of drug-likeness (QED) is 0.780. The fraction of sp³-hybridized carbons (Fsp3) is 0.200. The van der Waals surface area contributed by atoms with Crippen LogP contribution in [0.4, 0.5) is 0 Å². The summed E-state index contributed by atoms with van der Waals surface area (Å²) in [5, 5.41) is 14.1.